The van der Waals surface area contributed by atoms with Gasteiger partial charge in [-0.15, -0.1) is 0 Å². The Morgan fingerprint density at radius 2 is 1.43 bits per heavy atom. The van der Waals surface area contributed by atoms with Gasteiger partial charge in [-0.25, -0.2) is 0 Å². The van der Waals surface area contributed by atoms with Crippen LogP contribution in [0.15, 0.2) is 48.5 Å². The summed E-state index contributed by atoms with van der Waals surface area (Å²) in [6.07, 6.45) is 0.806. The molecule has 146 valence electrons. The van der Waals surface area contributed by atoms with Crippen molar-refractivity contribution in [2.45, 2.75) is 13.0 Å². The molecule has 2 aliphatic heterocycles. The fraction of sp³-hybridized carbons (Fsp3) is 0.364. The van der Waals surface area contributed by atoms with Crippen LogP contribution < -0.4 is 9.64 Å². The Hall–Kier alpha value is -3.02. The van der Waals surface area contributed by atoms with Gasteiger partial charge in [-0.3, -0.25) is 9.59 Å². The first-order valence-electron chi connectivity index (χ1n) is 9.69. The van der Waals surface area contributed by atoms with Crippen molar-refractivity contribution in [2.24, 2.45) is 0 Å². The van der Waals surface area contributed by atoms with Crippen LogP contribution in [-0.4, -0.2) is 61.4 Å². The number of ether oxygens (including phenoxy) is 1. The number of hydrogen-bond acceptors (Lipinski definition) is 4. The summed E-state index contributed by atoms with van der Waals surface area (Å²) < 4.78 is 5.20. The van der Waals surface area contributed by atoms with Crippen LogP contribution in [0.2, 0.25) is 0 Å². The Balaban J connectivity index is 1.34. The number of anilines is 1. The molecule has 1 fully saturated rings. The molecule has 2 aromatic carbocycles. The maximum atomic E-state index is 12.7. The number of piperazine rings is 1. The molecule has 0 radical (unpaired) electrons. The van der Waals surface area contributed by atoms with Gasteiger partial charge in [-0.1, -0.05) is 24.3 Å². The summed E-state index contributed by atoms with van der Waals surface area (Å²) in [7, 11) is 1.65. The number of hydrogen-bond donors (Lipinski definition) is 0. The van der Waals surface area contributed by atoms with Gasteiger partial charge >= 0.3 is 11.8 Å². The molecule has 2 amide bonds. The van der Waals surface area contributed by atoms with Crippen molar-refractivity contribution in [3.8, 4) is 5.75 Å². The molecular formula is C22H25N3O3. The van der Waals surface area contributed by atoms with E-state index in [9.17, 15) is 9.59 Å². The Morgan fingerprint density at radius 1 is 0.786 bits per heavy atom. The van der Waals surface area contributed by atoms with E-state index in [0.717, 1.165) is 23.4 Å². The summed E-state index contributed by atoms with van der Waals surface area (Å²) in [5.74, 6) is 0.0624. The third-order valence-corrected chi connectivity index (χ3v) is 5.61. The van der Waals surface area contributed by atoms with Crippen molar-refractivity contribution in [3.63, 3.8) is 0 Å². The van der Waals surface area contributed by atoms with Crippen molar-refractivity contribution < 1.29 is 14.3 Å². The molecule has 0 N–H and O–H groups in total. The molecule has 2 heterocycles. The summed E-state index contributed by atoms with van der Waals surface area (Å²) >= 11 is 0. The molecule has 4 rings (SSSR count). The van der Waals surface area contributed by atoms with Gasteiger partial charge in [0.05, 0.1) is 7.11 Å². The minimum absolute atomic E-state index is 0.381. The van der Waals surface area contributed by atoms with Crippen molar-refractivity contribution in [1.82, 2.24) is 9.80 Å². The Kier molecular flexibility index (Phi) is 5.19. The predicted octanol–water partition coefficient (Wildman–Crippen LogP) is 1.93. The van der Waals surface area contributed by atoms with Crippen LogP contribution in [0.5, 0.6) is 5.75 Å². The topological polar surface area (TPSA) is 53.1 Å². The van der Waals surface area contributed by atoms with Crippen LogP contribution in [0.25, 0.3) is 0 Å². The summed E-state index contributed by atoms with van der Waals surface area (Å²) in [5, 5.41) is 0. The maximum Gasteiger partial charge on any atom is 0.312 e. The molecule has 0 unspecified atom stereocenters. The first kappa shape index (κ1) is 18.3. The smallest absolute Gasteiger partial charge is 0.312 e. The van der Waals surface area contributed by atoms with Gasteiger partial charge in [-0.2, -0.15) is 0 Å². The predicted molar refractivity (Wildman–Crippen MR) is 107 cm³/mol. The molecule has 2 aliphatic rings. The van der Waals surface area contributed by atoms with E-state index in [1.165, 1.54) is 5.56 Å². The number of carbonyl (C=O) groups excluding carboxylic acids is 2. The van der Waals surface area contributed by atoms with E-state index >= 15 is 0 Å². The second-order valence-corrected chi connectivity index (χ2v) is 7.22. The minimum atomic E-state index is -0.382. The number of fused-ring (bicyclic) bond motifs is 1. The molecule has 28 heavy (non-hydrogen) atoms. The Morgan fingerprint density at radius 3 is 2.11 bits per heavy atom. The number of methoxy groups -OCH3 is 1. The molecule has 0 spiro atoms. The Labute approximate surface area is 165 Å². The highest BCUT2D eigenvalue weighted by Gasteiger charge is 2.31. The van der Waals surface area contributed by atoms with Crippen molar-refractivity contribution in [2.75, 3.05) is 44.7 Å². The number of amides is 2. The van der Waals surface area contributed by atoms with Crippen LogP contribution in [0.4, 0.5) is 5.69 Å². The largest absolute Gasteiger partial charge is 0.497 e. The lowest BCUT2D eigenvalue weighted by atomic mass is 10.00. The van der Waals surface area contributed by atoms with E-state index in [2.05, 4.69) is 11.0 Å². The van der Waals surface area contributed by atoms with Gasteiger partial charge in [0.15, 0.2) is 0 Å². The zero-order chi connectivity index (χ0) is 19.5. The van der Waals surface area contributed by atoms with Crippen molar-refractivity contribution in [3.05, 3.63) is 59.7 Å². The van der Waals surface area contributed by atoms with Crippen molar-refractivity contribution >= 4 is 17.5 Å². The average molecular weight is 379 g/mol. The highest BCUT2D eigenvalue weighted by Crippen LogP contribution is 2.22. The third-order valence-electron chi connectivity index (χ3n) is 5.61. The lowest BCUT2D eigenvalue weighted by molar-refractivity contribution is -0.152. The lowest BCUT2D eigenvalue weighted by Crippen LogP contribution is -2.53. The molecule has 6 heteroatoms. The van der Waals surface area contributed by atoms with Gasteiger partial charge in [0.1, 0.15) is 5.75 Å². The second-order valence-electron chi connectivity index (χ2n) is 7.22. The van der Waals surface area contributed by atoms with E-state index in [4.69, 9.17) is 4.74 Å². The van der Waals surface area contributed by atoms with Crippen LogP contribution in [-0.2, 0) is 22.6 Å². The summed E-state index contributed by atoms with van der Waals surface area (Å²) in [4.78, 5) is 31.1. The number of carbonyl (C=O) groups is 2. The molecule has 0 aromatic heterocycles. The standard InChI is InChI=1S/C22H25N3O3/c1-28-20-8-6-19(7-9-20)23-12-14-24(15-13-23)21(26)22(27)25-11-10-17-4-2-3-5-18(17)16-25/h2-9H,10-16H2,1H3. The van der Waals surface area contributed by atoms with Crippen LogP contribution in [0.1, 0.15) is 11.1 Å². The zero-order valence-electron chi connectivity index (χ0n) is 16.1. The number of nitrogens with zero attached hydrogens (tertiary/aromatic N) is 3. The minimum Gasteiger partial charge on any atom is -0.497 e. The first-order valence-corrected chi connectivity index (χ1v) is 9.69. The van der Waals surface area contributed by atoms with Gasteiger partial charge in [-0.05, 0) is 41.8 Å². The van der Waals surface area contributed by atoms with Gasteiger partial charge in [0.2, 0.25) is 0 Å². The molecule has 6 nitrogen and oxygen atoms in total. The molecule has 1 saturated heterocycles. The highest BCUT2D eigenvalue weighted by atomic mass is 16.5. The van der Waals surface area contributed by atoms with E-state index in [1.807, 2.05) is 42.5 Å². The van der Waals surface area contributed by atoms with Crippen LogP contribution in [0.3, 0.4) is 0 Å². The van der Waals surface area contributed by atoms with Crippen molar-refractivity contribution in [1.29, 1.82) is 0 Å². The molecule has 0 aliphatic carbocycles. The molecule has 0 atom stereocenters. The number of benzene rings is 2. The van der Waals surface area contributed by atoms with Crippen LogP contribution in [0, 0.1) is 0 Å². The van der Waals surface area contributed by atoms with Gasteiger partial charge in [0.25, 0.3) is 0 Å². The molecule has 0 saturated carbocycles. The monoisotopic (exact) mass is 379 g/mol. The van der Waals surface area contributed by atoms with E-state index in [1.54, 1.807) is 16.9 Å². The first-order chi connectivity index (χ1) is 13.7. The van der Waals surface area contributed by atoms with Gasteiger partial charge < -0.3 is 19.4 Å². The maximum absolute atomic E-state index is 12.7. The normalized spacial score (nSPS) is 16.5. The quantitative estimate of drug-likeness (QED) is 0.749. The summed E-state index contributed by atoms with van der Waals surface area (Å²) in [6, 6.07) is 16.0. The average Bonchev–Trinajstić information content (AvgIpc) is 2.78. The second kappa shape index (κ2) is 7.92. The third kappa shape index (κ3) is 3.67. The molecule has 0 bridgehead atoms. The van der Waals surface area contributed by atoms with E-state index < -0.39 is 0 Å². The number of rotatable bonds is 2. The van der Waals surface area contributed by atoms with E-state index in [0.29, 0.717) is 39.3 Å². The summed E-state index contributed by atoms with van der Waals surface area (Å²) in [5.41, 5.74) is 3.51. The summed E-state index contributed by atoms with van der Waals surface area (Å²) in [6.45, 7) is 3.67. The fourth-order valence-corrected chi connectivity index (χ4v) is 3.90. The molecule has 2 aromatic rings. The SMILES string of the molecule is COc1ccc(N2CCN(C(=O)C(=O)N3CCc4ccccc4C3)CC2)cc1. The zero-order valence-corrected chi connectivity index (χ0v) is 16.1. The lowest BCUT2D eigenvalue weighted by Gasteiger charge is -2.37. The van der Waals surface area contributed by atoms with Gasteiger partial charge in [0, 0.05) is 45.0 Å². The Bertz CT molecular complexity index is 858. The van der Waals surface area contributed by atoms with Crippen LogP contribution >= 0.6 is 0 Å². The fourth-order valence-electron chi connectivity index (χ4n) is 3.90. The molecular weight excluding hydrogens is 354 g/mol. The highest BCUT2D eigenvalue weighted by molar-refractivity contribution is 6.34. The van der Waals surface area contributed by atoms with E-state index in [-0.39, 0.29) is 11.8 Å².